The van der Waals surface area contributed by atoms with Gasteiger partial charge in [0.1, 0.15) is 5.76 Å². The molecule has 0 saturated heterocycles. The van der Waals surface area contributed by atoms with Crippen LogP contribution in [0.4, 0.5) is 0 Å². The van der Waals surface area contributed by atoms with Gasteiger partial charge in [-0.3, -0.25) is 4.79 Å². The Bertz CT molecular complexity index is 211. The first-order valence-electron chi connectivity index (χ1n) is 4.25. The summed E-state index contributed by atoms with van der Waals surface area (Å²) < 4.78 is 5.09. The maximum atomic E-state index is 11.0. The summed E-state index contributed by atoms with van der Waals surface area (Å²) in [5, 5.41) is 2.85. The summed E-state index contributed by atoms with van der Waals surface area (Å²) in [7, 11) is 1.60. The minimum atomic E-state index is -0.0443. The van der Waals surface area contributed by atoms with Crippen LogP contribution in [0.2, 0.25) is 0 Å². The van der Waals surface area contributed by atoms with E-state index in [1.807, 2.05) is 0 Å². The molecule has 0 spiro atoms. The van der Waals surface area contributed by atoms with Gasteiger partial charge in [-0.25, -0.2) is 0 Å². The Morgan fingerprint density at radius 3 is 2.92 bits per heavy atom. The Morgan fingerprint density at radius 1 is 1.75 bits per heavy atom. The molecule has 1 aliphatic rings. The van der Waals surface area contributed by atoms with Crippen molar-refractivity contribution >= 4 is 5.91 Å². The van der Waals surface area contributed by atoms with Crippen LogP contribution in [0.25, 0.3) is 0 Å². The fraction of sp³-hybridized carbons (Fsp3) is 0.667. The molecule has 1 amide bonds. The van der Waals surface area contributed by atoms with E-state index in [4.69, 9.17) is 4.74 Å². The Morgan fingerprint density at radius 2 is 2.42 bits per heavy atom. The molecule has 1 N–H and O–H groups in total. The molecule has 3 heteroatoms. The molecular formula is C9H15NO2. The van der Waals surface area contributed by atoms with E-state index in [-0.39, 0.29) is 11.9 Å². The third-order valence-corrected chi connectivity index (χ3v) is 2.33. The standard InChI is InChI=1S/C9H15NO2/c1-4-6(2)9-7(12-3)5-8(11)10-9/h5-6,9H,4H2,1-3H3,(H,10,11). The Hall–Kier alpha value is -0.990. The van der Waals surface area contributed by atoms with Crippen LogP contribution in [0.5, 0.6) is 0 Å². The monoisotopic (exact) mass is 169 g/mol. The fourth-order valence-electron chi connectivity index (χ4n) is 1.33. The van der Waals surface area contributed by atoms with E-state index >= 15 is 0 Å². The lowest BCUT2D eigenvalue weighted by Crippen LogP contribution is -2.34. The Labute approximate surface area is 72.8 Å². The molecule has 0 bridgehead atoms. The highest BCUT2D eigenvalue weighted by Crippen LogP contribution is 2.19. The third kappa shape index (κ3) is 1.60. The van der Waals surface area contributed by atoms with Gasteiger partial charge in [-0.1, -0.05) is 20.3 Å². The highest BCUT2D eigenvalue weighted by atomic mass is 16.5. The first-order valence-corrected chi connectivity index (χ1v) is 4.25. The van der Waals surface area contributed by atoms with Gasteiger partial charge in [0.15, 0.2) is 0 Å². The number of ether oxygens (including phenoxy) is 1. The molecular weight excluding hydrogens is 154 g/mol. The molecule has 0 radical (unpaired) electrons. The predicted molar refractivity (Wildman–Crippen MR) is 46.5 cm³/mol. The smallest absolute Gasteiger partial charge is 0.248 e. The molecule has 12 heavy (non-hydrogen) atoms. The maximum Gasteiger partial charge on any atom is 0.248 e. The average Bonchev–Trinajstić information content (AvgIpc) is 2.45. The number of hydrogen-bond donors (Lipinski definition) is 1. The van der Waals surface area contributed by atoms with Gasteiger partial charge in [-0.15, -0.1) is 0 Å². The summed E-state index contributed by atoms with van der Waals surface area (Å²) in [5.41, 5.74) is 0. The van der Waals surface area contributed by atoms with Crippen molar-refractivity contribution in [2.75, 3.05) is 7.11 Å². The van der Waals surface area contributed by atoms with Crippen LogP contribution in [0.15, 0.2) is 11.8 Å². The first-order chi connectivity index (χ1) is 5.69. The number of rotatable bonds is 3. The van der Waals surface area contributed by atoms with Crippen LogP contribution in [0, 0.1) is 5.92 Å². The largest absolute Gasteiger partial charge is 0.499 e. The molecule has 2 unspecified atom stereocenters. The minimum Gasteiger partial charge on any atom is -0.499 e. The molecule has 3 nitrogen and oxygen atoms in total. The Kier molecular flexibility index (Phi) is 2.74. The van der Waals surface area contributed by atoms with Gasteiger partial charge in [0, 0.05) is 6.08 Å². The average molecular weight is 169 g/mol. The van der Waals surface area contributed by atoms with Gasteiger partial charge in [0.2, 0.25) is 5.91 Å². The number of nitrogens with one attached hydrogen (secondary N) is 1. The second-order valence-corrected chi connectivity index (χ2v) is 3.12. The zero-order chi connectivity index (χ0) is 9.14. The highest BCUT2D eigenvalue weighted by molar-refractivity contribution is 5.91. The van der Waals surface area contributed by atoms with Crippen LogP contribution < -0.4 is 5.32 Å². The van der Waals surface area contributed by atoms with Crippen molar-refractivity contribution < 1.29 is 9.53 Å². The predicted octanol–water partition coefficient (Wildman–Crippen LogP) is 1.06. The molecule has 1 heterocycles. The van der Waals surface area contributed by atoms with Crippen molar-refractivity contribution in [2.24, 2.45) is 5.92 Å². The molecule has 1 aliphatic heterocycles. The number of amides is 1. The van der Waals surface area contributed by atoms with Gasteiger partial charge in [-0.2, -0.15) is 0 Å². The maximum absolute atomic E-state index is 11.0. The second kappa shape index (κ2) is 3.61. The molecule has 68 valence electrons. The van der Waals surface area contributed by atoms with Gasteiger partial charge in [-0.05, 0) is 5.92 Å². The van der Waals surface area contributed by atoms with Crippen molar-refractivity contribution in [3.8, 4) is 0 Å². The lowest BCUT2D eigenvalue weighted by atomic mass is 9.99. The van der Waals surface area contributed by atoms with Crippen molar-refractivity contribution in [1.82, 2.24) is 5.32 Å². The van der Waals surface area contributed by atoms with E-state index in [1.54, 1.807) is 7.11 Å². The molecule has 0 aromatic heterocycles. The van der Waals surface area contributed by atoms with E-state index in [1.165, 1.54) is 6.08 Å². The van der Waals surface area contributed by atoms with Gasteiger partial charge in [0.05, 0.1) is 13.2 Å². The Balaban J connectivity index is 2.68. The summed E-state index contributed by atoms with van der Waals surface area (Å²) in [6.07, 6.45) is 2.56. The SMILES string of the molecule is CCC(C)C1NC(=O)C=C1OC. The van der Waals surface area contributed by atoms with Crippen molar-refractivity contribution in [2.45, 2.75) is 26.3 Å². The number of carbonyl (C=O) groups is 1. The summed E-state index contributed by atoms with van der Waals surface area (Å²) in [5.74, 6) is 1.15. The van der Waals surface area contributed by atoms with E-state index < -0.39 is 0 Å². The van der Waals surface area contributed by atoms with Crippen molar-refractivity contribution in [3.63, 3.8) is 0 Å². The van der Waals surface area contributed by atoms with E-state index in [2.05, 4.69) is 19.2 Å². The number of hydrogen-bond acceptors (Lipinski definition) is 2. The van der Waals surface area contributed by atoms with Gasteiger partial charge >= 0.3 is 0 Å². The summed E-state index contributed by atoms with van der Waals surface area (Å²) in [4.78, 5) is 11.0. The zero-order valence-electron chi connectivity index (χ0n) is 7.76. The molecule has 0 aromatic rings. The molecule has 2 atom stereocenters. The molecule has 1 rings (SSSR count). The molecule has 0 saturated carbocycles. The third-order valence-electron chi connectivity index (χ3n) is 2.33. The lowest BCUT2D eigenvalue weighted by Gasteiger charge is -2.19. The summed E-state index contributed by atoms with van der Waals surface area (Å²) in [6.45, 7) is 4.20. The lowest BCUT2D eigenvalue weighted by molar-refractivity contribution is -0.116. The fourth-order valence-corrected chi connectivity index (χ4v) is 1.33. The topological polar surface area (TPSA) is 38.3 Å². The van der Waals surface area contributed by atoms with Crippen molar-refractivity contribution in [3.05, 3.63) is 11.8 Å². The van der Waals surface area contributed by atoms with Gasteiger partial charge in [0.25, 0.3) is 0 Å². The van der Waals surface area contributed by atoms with Crippen LogP contribution in [0.1, 0.15) is 20.3 Å². The zero-order valence-corrected chi connectivity index (χ0v) is 7.76. The number of methoxy groups -OCH3 is 1. The van der Waals surface area contributed by atoms with Crippen molar-refractivity contribution in [1.29, 1.82) is 0 Å². The second-order valence-electron chi connectivity index (χ2n) is 3.12. The summed E-state index contributed by atoms with van der Waals surface area (Å²) >= 11 is 0. The van der Waals surface area contributed by atoms with Gasteiger partial charge < -0.3 is 10.1 Å². The summed E-state index contributed by atoms with van der Waals surface area (Å²) in [6, 6.07) is 0.0764. The van der Waals surface area contributed by atoms with Crippen LogP contribution in [0.3, 0.4) is 0 Å². The van der Waals surface area contributed by atoms with Crippen LogP contribution in [-0.2, 0) is 9.53 Å². The minimum absolute atomic E-state index is 0.0443. The quantitative estimate of drug-likeness (QED) is 0.686. The molecule has 0 aromatic carbocycles. The van der Waals surface area contributed by atoms with Crippen LogP contribution in [-0.4, -0.2) is 19.1 Å². The molecule has 0 aliphatic carbocycles. The highest BCUT2D eigenvalue weighted by Gasteiger charge is 2.28. The molecule has 0 fully saturated rings. The van der Waals surface area contributed by atoms with Crippen LogP contribution >= 0.6 is 0 Å². The number of carbonyl (C=O) groups excluding carboxylic acids is 1. The van der Waals surface area contributed by atoms with E-state index in [0.717, 1.165) is 12.2 Å². The first kappa shape index (κ1) is 9.10. The van der Waals surface area contributed by atoms with E-state index in [0.29, 0.717) is 5.92 Å². The normalized spacial score (nSPS) is 24.8. The van der Waals surface area contributed by atoms with E-state index in [9.17, 15) is 4.79 Å².